The second-order valence-corrected chi connectivity index (χ2v) is 34.4. The van der Waals surface area contributed by atoms with Gasteiger partial charge in [-0.05, 0) is 118 Å². The van der Waals surface area contributed by atoms with Crippen LogP contribution in [0.1, 0.15) is 120 Å². The number of esters is 1. The van der Waals surface area contributed by atoms with Gasteiger partial charge in [0.25, 0.3) is 0 Å². The van der Waals surface area contributed by atoms with E-state index in [1.165, 1.54) is 20.8 Å². The highest BCUT2D eigenvalue weighted by Crippen LogP contribution is 2.76. The molecule has 21 N–H and O–H groups in total. The van der Waals surface area contributed by atoms with Crippen LogP contribution < -0.4 is 0 Å². The second-order valence-electron chi connectivity index (χ2n) is 34.4. The van der Waals surface area contributed by atoms with Gasteiger partial charge in [0.15, 0.2) is 49.9 Å². The third-order valence-electron chi connectivity index (χ3n) is 27.6. The highest BCUT2D eigenvalue weighted by atomic mass is 16.8. The van der Waals surface area contributed by atoms with E-state index in [2.05, 4.69) is 26.8 Å². The topological polar surface area (TPSA) is 605 Å². The SMILES string of the molecule is C[C@@H]1O[C@@H](O[C@H]2[C@H](O)[C@@H](C(=O)O)O[C@@H](O[C@H]3CC[C@]4(C)[C@H]5CC=C6[C@@H]7CC(C)(C)CC[C@]7(C(=O)O[C@@H]7O[C@H](C)[C@H](O)[C@H](O[C@@H]8O[C@H](CO)[C@@H](O)[C@H](O)[C@H]8O)[C@H]7O[C@@H]7O[C@@H](C)[C@H](O)[C@@H](O[C@@H]8O[C@H](CO)[C@@H](O)[C@H](O)[C@H]8O)[C@H]7O)[C@H](O)C[C@@]6(C)[C@]5(C)CC[C@H]4[C@]3(C)C=O)[C@@H]2O[C@@H]2O[C@H](CO)[C@H](O)[C@H](O)[C@H]2O)[C@H](O)[C@H](O)[C@H]1O. The summed E-state index contributed by atoms with van der Waals surface area (Å²) in [5.41, 5.74) is -5.33. The highest BCUT2D eigenvalue weighted by molar-refractivity contribution is 5.80. The van der Waals surface area contributed by atoms with Crippen LogP contribution in [0.4, 0.5) is 0 Å². The zero-order valence-corrected chi connectivity index (χ0v) is 62.6. The van der Waals surface area contributed by atoms with Crippen molar-refractivity contribution in [2.45, 2.75) is 347 Å². The van der Waals surface area contributed by atoms with Crippen molar-refractivity contribution in [1.82, 2.24) is 0 Å². The summed E-state index contributed by atoms with van der Waals surface area (Å²) in [7, 11) is 0. The minimum absolute atomic E-state index is 0.0348. The number of allylic oxidation sites excluding steroid dienone is 2. The summed E-state index contributed by atoms with van der Waals surface area (Å²) >= 11 is 0. The molecule has 7 heterocycles. The minimum Gasteiger partial charge on any atom is -0.479 e. The van der Waals surface area contributed by atoms with E-state index in [1.807, 2.05) is 13.8 Å². The summed E-state index contributed by atoms with van der Waals surface area (Å²) in [6.07, 6.45) is -63.5. The molecule has 0 aromatic carbocycles. The first-order valence-corrected chi connectivity index (χ1v) is 38.1. The lowest BCUT2D eigenvalue weighted by molar-refractivity contribution is -0.394. The molecule has 5 aliphatic carbocycles. The van der Waals surface area contributed by atoms with Gasteiger partial charge in [-0.2, -0.15) is 0 Å². The molecule has 38 nitrogen and oxygen atoms in total. The molecular formula is C72H114O38. The molecular weight excluding hydrogens is 1470 g/mol. The molecule has 0 aromatic rings. The standard InChI is InChI=1S/C72H114O38/c1-24-36(78)42(84)46(88)59(97-24)106-54-50(92)55(58(94)95)107-65(57(54)108-62-49(91)45(87)41(83)31(22-75)102-62)103-35-13-14-68(6)32(69(35,7)23-76)12-15-70(8)33(68)11-10-27-28-18-67(4,5)16-17-72(28,34(77)19-71(27,70)9)66(96)110-64-56(53(38(80)26(3)99-64)105-61-48(90)44(86)40(82)30(21-74)101-61)109-63-51(93)52(37(79)25(2)98-63)104-60-47(89)43(85)39(81)29(20-73)100-60/h10,23-26,28-57,59-65,73-75,77-93H,11-22H2,1-9H3,(H,94,95)/t24-,25-,26+,28-,29+,30+,31+,32+,33+,34+,35-,36-,37-,38-,39+,40+,41-,42+,43-,44-,45-,46+,47+,48+,49+,50-,51+,52+,53-,54-,55-,56+,57+,59-,60-,61-,62-,63-,64-,65+,68-,69-,70+,71+,72+/m0/s1. The Balaban J connectivity index is 0.847. The fourth-order valence-electron chi connectivity index (χ4n) is 20.7. The van der Waals surface area contributed by atoms with E-state index in [0.29, 0.717) is 38.5 Å². The van der Waals surface area contributed by atoms with Crippen LogP contribution in [0.25, 0.3) is 0 Å². The molecule has 0 spiro atoms. The Hall–Kier alpha value is -2.97. The summed E-state index contributed by atoms with van der Waals surface area (Å²) in [6, 6.07) is 0. The van der Waals surface area contributed by atoms with Crippen molar-refractivity contribution in [3.05, 3.63) is 11.6 Å². The van der Waals surface area contributed by atoms with Crippen molar-refractivity contribution >= 4 is 18.2 Å². The smallest absolute Gasteiger partial charge is 0.335 e. The Morgan fingerprint density at radius 2 is 0.882 bits per heavy atom. The van der Waals surface area contributed by atoms with Gasteiger partial charge in [0.2, 0.25) is 6.29 Å². The van der Waals surface area contributed by atoms with Crippen LogP contribution in [0.2, 0.25) is 0 Å². The first kappa shape index (κ1) is 86.4. The van der Waals surface area contributed by atoms with Crippen LogP contribution in [0.15, 0.2) is 11.6 Å². The molecule has 12 rings (SSSR count). The van der Waals surface area contributed by atoms with Gasteiger partial charge in [-0.15, -0.1) is 0 Å². The number of hydrogen-bond donors (Lipinski definition) is 21. The minimum atomic E-state index is -2.25. The number of aliphatic hydroxyl groups is 20. The van der Waals surface area contributed by atoms with Gasteiger partial charge in [-0.3, -0.25) is 4.79 Å². The molecule has 4 saturated carbocycles. The van der Waals surface area contributed by atoms with Crippen molar-refractivity contribution in [3.8, 4) is 0 Å². The van der Waals surface area contributed by atoms with E-state index in [9.17, 15) is 117 Å². The number of hydrogen-bond acceptors (Lipinski definition) is 37. The first-order chi connectivity index (χ1) is 51.5. The zero-order valence-electron chi connectivity index (χ0n) is 62.6. The fraction of sp³-hybridized carbons (Fsp3) is 0.931. The number of rotatable bonds is 19. The highest BCUT2D eigenvalue weighted by Gasteiger charge is 2.73. The summed E-state index contributed by atoms with van der Waals surface area (Å²) in [4.78, 5) is 43.6. The first-order valence-electron chi connectivity index (χ1n) is 38.1. The summed E-state index contributed by atoms with van der Waals surface area (Å²) in [5.74, 6) is -4.36. The average Bonchev–Trinajstić information content (AvgIpc) is 0.669. The summed E-state index contributed by atoms with van der Waals surface area (Å²) < 4.78 is 85.5. The Kier molecular flexibility index (Phi) is 25.4. The molecule has 0 radical (unpaired) electrons. The van der Waals surface area contributed by atoms with E-state index >= 15 is 4.79 Å². The van der Waals surface area contributed by atoms with Gasteiger partial charge >= 0.3 is 11.9 Å². The molecule has 12 aliphatic rings. The molecule has 0 unspecified atom stereocenters. The third-order valence-corrected chi connectivity index (χ3v) is 27.6. The number of carbonyl (C=O) groups excluding carboxylic acids is 2. The molecule has 0 amide bonds. The summed E-state index contributed by atoms with van der Waals surface area (Å²) in [5, 5.41) is 233. The van der Waals surface area contributed by atoms with Crippen molar-refractivity contribution in [1.29, 1.82) is 0 Å². The molecule has 110 heavy (non-hydrogen) atoms. The van der Waals surface area contributed by atoms with Gasteiger partial charge < -0.3 is 178 Å². The monoisotopic (exact) mass is 1590 g/mol. The zero-order chi connectivity index (χ0) is 80.6. The molecule has 630 valence electrons. The third kappa shape index (κ3) is 14.6. The van der Waals surface area contributed by atoms with Gasteiger partial charge in [0, 0.05) is 0 Å². The van der Waals surface area contributed by atoms with Crippen molar-refractivity contribution in [2.24, 2.45) is 50.2 Å². The lowest BCUT2D eigenvalue weighted by atomic mass is 9.33. The summed E-state index contributed by atoms with van der Waals surface area (Å²) in [6.45, 7) is 13.4. The fourth-order valence-corrected chi connectivity index (χ4v) is 20.7. The van der Waals surface area contributed by atoms with Crippen molar-refractivity contribution in [3.63, 3.8) is 0 Å². The molecule has 38 heteroatoms. The lowest BCUT2D eigenvalue weighted by Gasteiger charge is -2.71. The average molecular weight is 1590 g/mol. The lowest BCUT2D eigenvalue weighted by Crippen LogP contribution is -2.70. The number of carboxylic acids is 1. The number of carboxylic acid groups (broad SMARTS) is 1. The predicted octanol–water partition coefficient (Wildman–Crippen LogP) is -7.24. The quantitative estimate of drug-likeness (QED) is 0.0247. The van der Waals surface area contributed by atoms with Gasteiger partial charge in [0.05, 0.1) is 55.8 Å². The largest absolute Gasteiger partial charge is 0.479 e. The Bertz CT molecular complexity index is 3220. The maximum absolute atomic E-state index is 16.2. The van der Waals surface area contributed by atoms with Crippen molar-refractivity contribution < 1.29 is 188 Å². The van der Waals surface area contributed by atoms with Crippen LogP contribution in [0.5, 0.6) is 0 Å². The number of ether oxygens (including phenoxy) is 14. The van der Waals surface area contributed by atoms with Crippen LogP contribution >= 0.6 is 0 Å². The van der Waals surface area contributed by atoms with Crippen LogP contribution in [-0.4, -0.2) is 372 Å². The number of fused-ring (bicyclic) bond motifs is 7. The van der Waals surface area contributed by atoms with E-state index in [4.69, 9.17) is 66.3 Å². The molecule has 0 bridgehead atoms. The van der Waals surface area contributed by atoms with Gasteiger partial charge in [-0.1, -0.05) is 53.2 Å². The second kappa shape index (κ2) is 32.4. The normalized spacial score (nSPS) is 55.2. The number of aliphatic carboxylic acids is 1. The van der Waals surface area contributed by atoms with Gasteiger partial charge in [0.1, 0.15) is 152 Å². The predicted molar refractivity (Wildman–Crippen MR) is 359 cm³/mol. The molecule has 7 aliphatic heterocycles. The van der Waals surface area contributed by atoms with Crippen LogP contribution in [-0.2, 0) is 80.7 Å². The van der Waals surface area contributed by atoms with Crippen LogP contribution in [0.3, 0.4) is 0 Å². The Morgan fingerprint density at radius 3 is 1.38 bits per heavy atom. The van der Waals surface area contributed by atoms with E-state index < -0.39 is 303 Å². The maximum atomic E-state index is 16.2. The number of aliphatic hydroxyl groups excluding tert-OH is 20. The Morgan fingerprint density at radius 1 is 0.445 bits per heavy atom. The Labute approximate surface area is 633 Å². The number of carbonyl (C=O) groups is 3. The number of aldehydes is 1. The molecule has 45 atom stereocenters. The molecule has 0 aromatic heterocycles. The van der Waals surface area contributed by atoms with E-state index in [1.54, 1.807) is 6.92 Å². The van der Waals surface area contributed by atoms with Crippen molar-refractivity contribution in [2.75, 3.05) is 19.8 Å². The van der Waals surface area contributed by atoms with Crippen LogP contribution in [0, 0.1) is 50.2 Å². The van der Waals surface area contributed by atoms with E-state index in [-0.39, 0.29) is 25.2 Å². The van der Waals surface area contributed by atoms with Gasteiger partial charge in [-0.25, -0.2) is 4.79 Å². The molecule has 11 fully saturated rings. The molecule has 7 saturated heterocycles. The maximum Gasteiger partial charge on any atom is 0.335 e. The van der Waals surface area contributed by atoms with E-state index in [0.717, 1.165) is 11.9 Å².